The molecule has 7 heteroatoms. The molecule has 2 heterocycles. The van der Waals surface area contributed by atoms with Crippen molar-refractivity contribution in [2.24, 2.45) is 0 Å². The number of rotatable bonds is 5. The highest BCUT2D eigenvalue weighted by molar-refractivity contribution is 6.30. The summed E-state index contributed by atoms with van der Waals surface area (Å²) in [6.45, 7) is 4.46. The van der Waals surface area contributed by atoms with E-state index in [9.17, 15) is 9.59 Å². The van der Waals surface area contributed by atoms with Crippen LogP contribution in [-0.4, -0.2) is 27.4 Å². The smallest absolute Gasteiger partial charge is 0.318 e. The fourth-order valence-corrected chi connectivity index (χ4v) is 3.10. The second kappa shape index (κ2) is 8.22. The number of H-pyrrole nitrogens is 1. The van der Waals surface area contributed by atoms with E-state index in [1.165, 1.54) is 0 Å². The van der Waals surface area contributed by atoms with Gasteiger partial charge in [-0.2, -0.15) is 0 Å². The lowest BCUT2D eigenvalue weighted by molar-refractivity contribution is 0.181. The van der Waals surface area contributed by atoms with Gasteiger partial charge in [0.15, 0.2) is 0 Å². The zero-order valence-corrected chi connectivity index (χ0v) is 16.0. The number of nitrogens with one attached hydrogen (secondary N) is 2. The molecule has 27 heavy (non-hydrogen) atoms. The number of pyridine rings is 2. The first-order valence-corrected chi connectivity index (χ1v) is 9.14. The molecule has 3 rings (SSSR count). The van der Waals surface area contributed by atoms with Crippen LogP contribution in [0.1, 0.15) is 31.1 Å². The summed E-state index contributed by atoms with van der Waals surface area (Å²) < 4.78 is 0. The average Bonchev–Trinajstić information content (AvgIpc) is 2.67. The number of para-hydroxylation sites is 1. The van der Waals surface area contributed by atoms with Crippen LogP contribution >= 0.6 is 11.6 Å². The fraction of sp³-hybridized carbons (Fsp3) is 0.250. The molecule has 0 spiro atoms. The standard InChI is InChI=1S/C20H21ClN4O2/c1-3-25(13(2)17-9-8-16(21)12-22-17)20(27)23-11-15-10-14-6-4-5-7-18(14)24-19(15)26/h4-10,12-13H,3,11H2,1-2H3,(H,23,27)(H,24,26). The summed E-state index contributed by atoms with van der Waals surface area (Å²) in [7, 11) is 0. The van der Waals surface area contributed by atoms with Gasteiger partial charge in [-0.05, 0) is 43.5 Å². The van der Waals surface area contributed by atoms with Gasteiger partial charge in [0.1, 0.15) is 0 Å². The molecule has 0 fully saturated rings. The summed E-state index contributed by atoms with van der Waals surface area (Å²) in [5.41, 5.74) is 1.83. The minimum absolute atomic E-state index is 0.149. The van der Waals surface area contributed by atoms with Crippen LogP contribution in [0.25, 0.3) is 10.9 Å². The van der Waals surface area contributed by atoms with E-state index < -0.39 is 0 Å². The van der Waals surface area contributed by atoms with Gasteiger partial charge in [0.25, 0.3) is 5.56 Å². The van der Waals surface area contributed by atoms with E-state index in [1.54, 1.807) is 29.3 Å². The van der Waals surface area contributed by atoms with E-state index in [2.05, 4.69) is 15.3 Å². The Morgan fingerprint density at radius 1 is 1.30 bits per heavy atom. The first-order valence-electron chi connectivity index (χ1n) is 8.76. The maximum atomic E-state index is 12.7. The monoisotopic (exact) mass is 384 g/mol. The molecular weight excluding hydrogens is 364 g/mol. The first-order chi connectivity index (χ1) is 13.0. The van der Waals surface area contributed by atoms with Gasteiger partial charge < -0.3 is 15.2 Å². The van der Waals surface area contributed by atoms with Crippen molar-refractivity contribution in [1.82, 2.24) is 20.2 Å². The molecule has 0 bridgehead atoms. The van der Waals surface area contributed by atoms with Crippen molar-refractivity contribution in [1.29, 1.82) is 0 Å². The Balaban J connectivity index is 1.72. The zero-order valence-electron chi connectivity index (χ0n) is 15.2. The molecule has 0 aliphatic heterocycles. The van der Waals surface area contributed by atoms with Gasteiger partial charge in [0, 0.05) is 30.4 Å². The maximum Gasteiger partial charge on any atom is 0.318 e. The van der Waals surface area contributed by atoms with Crippen LogP contribution in [0.4, 0.5) is 4.79 Å². The number of aromatic nitrogens is 2. The molecule has 140 valence electrons. The van der Waals surface area contributed by atoms with Crippen molar-refractivity contribution >= 4 is 28.5 Å². The summed E-state index contributed by atoms with van der Waals surface area (Å²) in [5, 5.41) is 4.30. The Kier molecular flexibility index (Phi) is 5.76. The second-order valence-electron chi connectivity index (χ2n) is 6.23. The molecule has 0 saturated heterocycles. The van der Waals surface area contributed by atoms with Gasteiger partial charge in [-0.25, -0.2) is 4.79 Å². The predicted molar refractivity (Wildman–Crippen MR) is 107 cm³/mol. The number of urea groups is 1. The van der Waals surface area contributed by atoms with E-state index in [4.69, 9.17) is 11.6 Å². The molecular formula is C20H21ClN4O2. The summed E-state index contributed by atoms with van der Waals surface area (Å²) in [6, 6.07) is 12.4. The van der Waals surface area contributed by atoms with E-state index in [0.717, 1.165) is 16.6 Å². The third kappa shape index (κ3) is 4.28. The number of fused-ring (bicyclic) bond motifs is 1. The molecule has 0 saturated carbocycles. The number of amides is 2. The van der Waals surface area contributed by atoms with E-state index >= 15 is 0 Å². The minimum Gasteiger partial charge on any atom is -0.334 e. The van der Waals surface area contributed by atoms with Crippen molar-refractivity contribution in [3.8, 4) is 0 Å². The molecule has 2 amide bonds. The van der Waals surface area contributed by atoms with E-state index in [0.29, 0.717) is 17.1 Å². The Bertz CT molecular complexity index is 1000. The number of nitrogens with zero attached hydrogens (tertiary/aromatic N) is 2. The fourth-order valence-electron chi connectivity index (χ4n) is 2.98. The lowest BCUT2D eigenvalue weighted by atomic mass is 10.1. The van der Waals surface area contributed by atoms with Crippen molar-refractivity contribution in [3.63, 3.8) is 0 Å². The number of hydrogen-bond acceptors (Lipinski definition) is 3. The number of benzene rings is 1. The Morgan fingerprint density at radius 2 is 2.07 bits per heavy atom. The van der Waals surface area contributed by atoms with Crippen LogP contribution in [-0.2, 0) is 6.54 Å². The summed E-state index contributed by atoms with van der Waals surface area (Å²) in [4.78, 5) is 33.7. The number of carbonyl (C=O) groups excluding carboxylic acids is 1. The highest BCUT2D eigenvalue weighted by atomic mass is 35.5. The molecule has 6 nitrogen and oxygen atoms in total. The Hall–Kier alpha value is -2.86. The normalized spacial score (nSPS) is 12.0. The van der Waals surface area contributed by atoms with Crippen molar-refractivity contribution in [2.45, 2.75) is 26.4 Å². The number of aromatic amines is 1. The molecule has 1 aromatic carbocycles. The molecule has 1 atom stereocenters. The molecule has 2 N–H and O–H groups in total. The summed E-state index contributed by atoms with van der Waals surface area (Å²) in [5.74, 6) is 0. The number of carbonyl (C=O) groups is 1. The van der Waals surface area contributed by atoms with Crippen LogP contribution < -0.4 is 10.9 Å². The third-order valence-corrected chi connectivity index (χ3v) is 4.73. The van der Waals surface area contributed by atoms with Gasteiger partial charge in [0.05, 0.1) is 16.8 Å². The van der Waals surface area contributed by atoms with E-state index in [1.807, 2.05) is 38.1 Å². The Morgan fingerprint density at radius 3 is 2.78 bits per heavy atom. The first kappa shape index (κ1) is 18.9. The lowest BCUT2D eigenvalue weighted by Gasteiger charge is -2.27. The van der Waals surface area contributed by atoms with Gasteiger partial charge >= 0.3 is 6.03 Å². The molecule has 0 aliphatic rings. The minimum atomic E-state index is -0.255. The molecule has 0 radical (unpaired) electrons. The number of hydrogen-bond donors (Lipinski definition) is 2. The zero-order chi connectivity index (χ0) is 19.4. The van der Waals surface area contributed by atoms with Gasteiger partial charge in [0.2, 0.25) is 0 Å². The molecule has 0 aliphatic carbocycles. The second-order valence-corrected chi connectivity index (χ2v) is 6.67. The summed E-state index contributed by atoms with van der Waals surface area (Å²) in [6.07, 6.45) is 1.56. The largest absolute Gasteiger partial charge is 0.334 e. The highest BCUT2D eigenvalue weighted by Crippen LogP contribution is 2.19. The maximum absolute atomic E-state index is 12.7. The van der Waals surface area contributed by atoms with Crippen LogP contribution in [0.15, 0.2) is 53.5 Å². The molecule has 1 unspecified atom stereocenters. The molecule has 2 aromatic heterocycles. The topological polar surface area (TPSA) is 78.1 Å². The van der Waals surface area contributed by atoms with Gasteiger partial charge in [-0.15, -0.1) is 0 Å². The van der Waals surface area contributed by atoms with Crippen LogP contribution in [0.5, 0.6) is 0 Å². The van der Waals surface area contributed by atoms with Crippen LogP contribution in [0, 0.1) is 0 Å². The van der Waals surface area contributed by atoms with Crippen LogP contribution in [0.3, 0.4) is 0 Å². The quantitative estimate of drug-likeness (QED) is 0.700. The average molecular weight is 385 g/mol. The molecule has 3 aromatic rings. The SMILES string of the molecule is CCN(C(=O)NCc1cc2ccccc2[nH]c1=O)C(C)c1ccc(Cl)cn1. The summed E-state index contributed by atoms with van der Waals surface area (Å²) >= 11 is 5.88. The number of halogens is 1. The van der Waals surface area contributed by atoms with E-state index in [-0.39, 0.29) is 24.2 Å². The van der Waals surface area contributed by atoms with Crippen molar-refractivity contribution in [3.05, 3.63) is 75.3 Å². The predicted octanol–water partition coefficient (Wildman–Crippen LogP) is 3.87. The third-order valence-electron chi connectivity index (χ3n) is 4.51. The lowest BCUT2D eigenvalue weighted by Crippen LogP contribution is -2.41. The van der Waals surface area contributed by atoms with Crippen LogP contribution in [0.2, 0.25) is 5.02 Å². The van der Waals surface area contributed by atoms with Crippen molar-refractivity contribution < 1.29 is 4.79 Å². The van der Waals surface area contributed by atoms with Gasteiger partial charge in [-0.1, -0.05) is 29.8 Å². The van der Waals surface area contributed by atoms with Crippen molar-refractivity contribution in [2.75, 3.05) is 6.54 Å². The van der Waals surface area contributed by atoms with Gasteiger partial charge in [-0.3, -0.25) is 9.78 Å². The highest BCUT2D eigenvalue weighted by Gasteiger charge is 2.21. The Labute approximate surface area is 162 Å².